The standard InChI is InChI=1S/C25H43NO2/c1-5-26(6-2)16-14-17-7-8-18-9-10-19-20-11-12-22(27)24(20,3)15-13-21(19)25(18,4)23(17)28/h17-22,27H,5-16H2,1-4H3/t17?,18?,19-,20-,21+,22?,24-,25-/m0/s1. The van der Waals surface area contributed by atoms with Crippen molar-refractivity contribution in [1.29, 1.82) is 0 Å². The summed E-state index contributed by atoms with van der Waals surface area (Å²) in [6, 6.07) is 0. The quantitative estimate of drug-likeness (QED) is 0.726. The molecule has 160 valence electrons. The number of carbonyl (C=O) groups excluding carboxylic acids is 1. The van der Waals surface area contributed by atoms with E-state index >= 15 is 0 Å². The van der Waals surface area contributed by atoms with E-state index in [4.69, 9.17) is 0 Å². The molecule has 4 fully saturated rings. The first kappa shape index (κ1) is 20.8. The fourth-order valence-corrected chi connectivity index (χ4v) is 8.36. The lowest BCUT2D eigenvalue weighted by Crippen LogP contribution is -2.58. The molecule has 0 aliphatic heterocycles. The molecule has 3 heteroatoms. The van der Waals surface area contributed by atoms with E-state index in [1.54, 1.807) is 0 Å². The second-order valence-electron chi connectivity index (χ2n) is 11.0. The minimum atomic E-state index is -0.118. The first-order chi connectivity index (χ1) is 13.4. The van der Waals surface area contributed by atoms with Crippen molar-refractivity contribution in [2.24, 2.45) is 40.4 Å². The van der Waals surface area contributed by atoms with Crippen LogP contribution in [0.25, 0.3) is 0 Å². The third-order valence-corrected chi connectivity index (χ3v) is 10.3. The summed E-state index contributed by atoms with van der Waals surface area (Å²) >= 11 is 0. The largest absolute Gasteiger partial charge is 0.393 e. The molecule has 0 spiro atoms. The van der Waals surface area contributed by atoms with Gasteiger partial charge in [-0.25, -0.2) is 0 Å². The summed E-state index contributed by atoms with van der Waals surface area (Å²) in [5.74, 6) is 3.39. The van der Waals surface area contributed by atoms with E-state index in [1.807, 2.05) is 0 Å². The fourth-order valence-electron chi connectivity index (χ4n) is 8.36. The minimum absolute atomic E-state index is 0.0933. The van der Waals surface area contributed by atoms with Crippen molar-refractivity contribution in [2.45, 2.75) is 91.6 Å². The van der Waals surface area contributed by atoms with Crippen molar-refractivity contribution < 1.29 is 9.90 Å². The number of nitrogens with zero attached hydrogens (tertiary/aromatic N) is 1. The van der Waals surface area contributed by atoms with Crippen molar-refractivity contribution in [2.75, 3.05) is 19.6 Å². The molecule has 0 aromatic heterocycles. The van der Waals surface area contributed by atoms with Crippen LogP contribution in [0.4, 0.5) is 0 Å². The Hall–Kier alpha value is -0.410. The first-order valence-corrected chi connectivity index (χ1v) is 12.3. The maximum atomic E-state index is 13.9. The Bertz CT molecular complexity index is 587. The van der Waals surface area contributed by atoms with Gasteiger partial charge in [-0.05, 0) is 107 Å². The van der Waals surface area contributed by atoms with E-state index < -0.39 is 0 Å². The highest BCUT2D eigenvalue weighted by Gasteiger charge is 2.62. The van der Waals surface area contributed by atoms with Crippen molar-refractivity contribution in [3.63, 3.8) is 0 Å². The monoisotopic (exact) mass is 389 g/mol. The molecule has 0 heterocycles. The molecule has 4 saturated carbocycles. The van der Waals surface area contributed by atoms with Gasteiger partial charge in [-0.15, -0.1) is 0 Å². The maximum absolute atomic E-state index is 13.9. The highest BCUT2D eigenvalue weighted by molar-refractivity contribution is 5.88. The summed E-state index contributed by atoms with van der Waals surface area (Å²) in [7, 11) is 0. The average molecular weight is 390 g/mol. The summed E-state index contributed by atoms with van der Waals surface area (Å²) in [5, 5.41) is 10.7. The van der Waals surface area contributed by atoms with Crippen LogP contribution >= 0.6 is 0 Å². The minimum Gasteiger partial charge on any atom is -0.393 e. The van der Waals surface area contributed by atoms with Crippen LogP contribution in [0.5, 0.6) is 0 Å². The van der Waals surface area contributed by atoms with E-state index in [9.17, 15) is 9.90 Å². The van der Waals surface area contributed by atoms with Crippen LogP contribution in [-0.4, -0.2) is 41.5 Å². The fraction of sp³-hybridized carbons (Fsp3) is 0.960. The van der Waals surface area contributed by atoms with Crippen molar-refractivity contribution in [3.8, 4) is 0 Å². The number of carbonyl (C=O) groups is 1. The van der Waals surface area contributed by atoms with Gasteiger partial charge in [0.05, 0.1) is 6.10 Å². The summed E-state index contributed by atoms with van der Waals surface area (Å²) in [6.07, 6.45) is 10.3. The zero-order chi connectivity index (χ0) is 20.1. The third-order valence-electron chi connectivity index (χ3n) is 10.3. The molecule has 0 aromatic carbocycles. The van der Waals surface area contributed by atoms with Gasteiger partial charge in [0.1, 0.15) is 5.78 Å². The predicted octanol–water partition coefficient (Wildman–Crippen LogP) is 4.92. The van der Waals surface area contributed by atoms with Crippen molar-refractivity contribution in [1.82, 2.24) is 4.90 Å². The average Bonchev–Trinajstić information content (AvgIpc) is 3.00. The molecule has 28 heavy (non-hydrogen) atoms. The van der Waals surface area contributed by atoms with Crippen LogP contribution in [0.15, 0.2) is 0 Å². The Kier molecular flexibility index (Phi) is 5.72. The summed E-state index contributed by atoms with van der Waals surface area (Å²) < 4.78 is 0. The molecule has 1 N–H and O–H groups in total. The van der Waals surface area contributed by atoms with Gasteiger partial charge in [0.25, 0.3) is 0 Å². The lowest BCUT2D eigenvalue weighted by Gasteiger charge is -2.60. The lowest BCUT2D eigenvalue weighted by molar-refractivity contribution is -0.163. The molecule has 0 amide bonds. The topological polar surface area (TPSA) is 40.5 Å². The Morgan fingerprint density at radius 2 is 1.68 bits per heavy atom. The van der Waals surface area contributed by atoms with Crippen molar-refractivity contribution >= 4 is 5.78 Å². The third kappa shape index (κ3) is 3.02. The molecule has 4 aliphatic rings. The maximum Gasteiger partial charge on any atom is 0.142 e. The zero-order valence-corrected chi connectivity index (χ0v) is 18.8. The number of fused-ring (bicyclic) bond motifs is 5. The van der Waals surface area contributed by atoms with Gasteiger partial charge in [-0.3, -0.25) is 4.79 Å². The Balaban J connectivity index is 1.53. The number of rotatable bonds is 5. The molecular weight excluding hydrogens is 346 g/mol. The smallest absolute Gasteiger partial charge is 0.142 e. The van der Waals surface area contributed by atoms with Crippen molar-refractivity contribution in [3.05, 3.63) is 0 Å². The van der Waals surface area contributed by atoms with E-state index in [0.717, 1.165) is 51.7 Å². The Morgan fingerprint density at radius 3 is 2.39 bits per heavy atom. The molecular formula is C25H43NO2. The van der Waals surface area contributed by atoms with Crippen LogP contribution in [0.1, 0.15) is 85.5 Å². The highest BCUT2D eigenvalue weighted by Crippen LogP contribution is 2.65. The van der Waals surface area contributed by atoms with Gasteiger partial charge in [0, 0.05) is 11.3 Å². The molecule has 4 rings (SSSR count). The van der Waals surface area contributed by atoms with E-state index in [-0.39, 0.29) is 22.9 Å². The lowest BCUT2D eigenvalue weighted by atomic mass is 9.44. The van der Waals surface area contributed by atoms with Crippen LogP contribution < -0.4 is 0 Å². The Morgan fingerprint density at radius 1 is 0.964 bits per heavy atom. The molecule has 0 radical (unpaired) electrons. The van der Waals surface area contributed by atoms with Crippen LogP contribution in [-0.2, 0) is 4.79 Å². The van der Waals surface area contributed by atoms with E-state index in [0.29, 0.717) is 29.5 Å². The highest BCUT2D eigenvalue weighted by atomic mass is 16.3. The molecule has 3 unspecified atom stereocenters. The summed E-state index contributed by atoms with van der Waals surface area (Å²) in [5.41, 5.74) is 0.0220. The second-order valence-corrected chi connectivity index (χ2v) is 11.0. The van der Waals surface area contributed by atoms with Gasteiger partial charge >= 0.3 is 0 Å². The number of aliphatic hydroxyl groups is 1. The van der Waals surface area contributed by atoms with Gasteiger partial charge < -0.3 is 10.0 Å². The van der Waals surface area contributed by atoms with Crippen LogP contribution in [0.2, 0.25) is 0 Å². The second kappa shape index (κ2) is 7.69. The summed E-state index contributed by atoms with van der Waals surface area (Å²) in [4.78, 5) is 16.4. The number of Topliss-reactive ketones (excluding diaryl/α,β-unsaturated/α-hetero) is 1. The molecule has 0 bridgehead atoms. The normalized spacial score (nSPS) is 48.3. The molecule has 3 nitrogen and oxygen atoms in total. The predicted molar refractivity (Wildman–Crippen MR) is 114 cm³/mol. The molecule has 8 atom stereocenters. The van der Waals surface area contributed by atoms with Crippen LogP contribution in [0, 0.1) is 40.4 Å². The van der Waals surface area contributed by atoms with E-state index in [1.165, 1.54) is 25.7 Å². The zero-order valence-electron chi connectivity index (χ0n) is 18.8. The van der Waals surface area contributed by atoms with Gasteiger partial charge in [-0.1, -0.05) is 27.7 Å². The van der Waals surface area contributed by atoms with Crippen LogP contribution in [0.3, 0.4) is 0 Å². The Labute approximate surface area is 172 Å². The van der Waals surface area contributed by atoms with Gasteiger partial charge in [0.15, 0.2) is 0 Å². The summed E-state index contributed by atoms with van der Waals surface area (Å²) in [6.45, 7) is 12.4. The number of hydrogen-bond donors (Lipinski definition) is 1. The SMILES string of the molecule is CCN(CC)CCC1CCC2CC[C@@H]3[C@@H](CC[C@]4(C)C(O)CC[C@@H]34)[C@@]2(C)C1=O. The van der Waals surface area contributed by atoms with Gasteiger partial charge in [-0.2, -0.15) is 0 Å². The number of ketones is 1. The van der Waals surface area contributed by atoms with Gasteiger partial charge in [0.2, 0.25) is 0 Å². The molecule has 0 aromatic rings. The first-order valence-electron chi connectivity index (χ1n) is 12.3. The number of hydrogen-bond acceptors (Lipinski definition) is 3. The molecule has 4 aliphatic carbocycles. The van der Waals surface area contributed by atoms with E-state index in [2.05, 4.69) is 32.6 Å². The molecule has 0 saturated heterocycles. The number of aliphatic hydroxyl groups excluding tert-OH is 1.